The van der Waals surface area contributed by atoms with Crippen molar-refractivity contribution in [1.29, 1.82) is 0 Å². The number of aliphatic carboxylic acids is 1. The van der Waals surface area contributed by atoms with Gasteiger partial charge >= 0.3 is 5.97 Å². The van der Waals surface area contributed by atoms with Crippen molar-refractivity contribution in [2.45, 2.75) is 11.6 Å². The fraction of sp³-hybridized carbons (Fsp3) is 0.182. The Kier molecular flexibility index (Phi) is 4.38. The van der Waals surface area contributed by atoms with E-state index in [1.54, 1.807) is 0 Å². The number of aromatic nitrogens is 2. The molecule has 0 fully saturated rings. The summed E-state index contributed by atoms with van der Waals surface area (Å²) in [5.41, 5.74) is 1.04. The largest absolute Gasteiger partial charge is 0.481 e. The molecule has 5 nitrogen and oxygen atoms in total. The number of hydrogen-bond donors (Lipinski definition) is 1. The van der Waals surface area contributed by atoms with Gasteiger partial charge in [-0.2, -0.15) is 0 Å². The molecule has 1 N–H and O–H groups in total. The maximum absolute atomic E-state index is 10.4. The van der Waals surface area contributed by atoms with Gasteiger partial charge < -0.3 is 9.52 Å². The molecule has 0 unspecified atom stereocenters. The Labute approximate surface area is 116 Å². The zero-order chi connectivity index (χ0) is 13.0. The van der Waals surface area contributed by atoms with E-state index < -0.39 is 5.97 Å². The molecule has 1 aromatic heterocycles. The fourth-order valence-electron chi connectivity index (χ4n) is 1.31. The highest BCUT2D eigenvalue weighted by Crippen LogP contribution is 2.19. The van der Waals surface area contributed by atoms with Crippen LogP contribution in [0, 0.1) is 0 Å². The predicted molar refractivity (Wildman–Crippen MR) is 69.6 cm³/mol. The molecular weight excluding hydrogens is 320 g/mol. The molecular formula is C11H9BrN2O3S. The molecule has 0 atom stereocenters. The first kappa shape index (κ1) is 13.1. The van der Waals surface area contributed by atoms with Crippen LogP contribution in [0.3, 0.4) is 0 Å². The molecule has 2 aromatic rings. The van der Waals surface area contributed by atoms with Crippen LogP contribution in [0.15, 0.2) is 38.4 Å². The van der Waals surface area contributed by atoms with Crippen LogP contribution in [0.2, 0.25) is 0 Å². The number of nitrogens with zero attached hydrogens (tertiary/aromatic N) is 2. The third-order valence-electron chi connectivity index (χ3n) is 2.01. The molecule has 1 heterocycles. The second-order valence-corrected chi connectivity index (χ2v) is 5.29. The number of benzene rings is 1. The van der Waals surface area contributed by atoms with Crippen molar-refractivity contribution in [2.24, 2.45) is 0 Å². The predicted octanol–water partition coefficient (Wildman–Crippen LogP) is 2.60. The minimum atomic E-state index is -0.910. The van der Waals surface area contributed by atoms with E-state index in [4.69, 9.17) is 9.52 Å². The molecule has 0 aliphatic heterocycles. The minimum Gasteiger partial charge on any atom is -0.481 e. The molecule has 0 saturated carbocycles. The molecule has 2 rings (SSSR count). The van der Waals surface area contributed by atoms with Crippen LogP contribution < -0.4 is 0 Å². The number of carbonyl (C=O) groups is 1. The molecule has 0 aliphatic rings. The van der Waals surface area contributed by atoms with E-state index in [0.29, 0.717) is 12.3 Å². The average molecular weight is 329 g/mol. The highest BCUT2D eigenvalue weighted by molar-refractivity contribution is 9.10. The Morgan fingerprint density at radius 3 is 3.00 bits per heavy atom. The van der Waals surface area contributed by atoms with Crippen LogP contribution in [0.4, 0.5) is 0 Å². The number of carboxylic acid groups (broad SMARTS) is 1. The summed E-state index contributed by atoms with van der Waals surface area (Å²) in [6.07, 6.45) is 0.528. The lowest BCUT2D eigenvalue weighted by Gasteiger charge is -1.97. The van der Waals surface area contributed by atoms with Gasteiger partial charge in [-0.25, -0.2) is 0 Å². The lowest BCUT2D eigenvalue weighted by Crippen LogP contribution is -1.97. The molecule has 0 radical (unpaired) electrons. The van der Waals surface area contributed by atoms with Crippen LogP contribution in [0.25, 0.3) is 0 Å². The van der Waals surface area contributed by atoms with Crippen molar-refractivity contribution in [2.75, 3.05) is 5.75 Å². The Morgan fingerprint density at radius 2 is 2.28 bits per heavy atom. The molecule has 0 saturated heterocycles. The maximum Gasteiger partial charge on any atom is 0.314 e. The first-order chi connectivity index (χ1) is 8.63. The third kappa shape index (κ3) is 3.85. The molecule has 18 heavy (non-hydrogen) atoms. The van der Waals surface area contributed by atoms with Gasteiger partial charge in [-0.15, -0.1) is 10.2 Å². The summed E-state index contributed by atoms with van der Waals surface area (Å²) in [7, 11) is 0. The molecule has 1 aromatic carbocycles. The van der Waals surface area contributed by atoms with Gasteiger partial charge in [0.1, 0.15) is 5.75 Å². The molecule has 7 heteroatoms. The topological polar surface area (TPSA) is 76.2 Å². The summed E-state index contributed by atoms with van der Waals surface area (Å²) in [6, 6.07) is 7.79. The number of halogens is 1. The van der Waals surface area contributed by atoms with E-state index in [1.165, 1.54) is 0 Å². The summed E-state index contributed by atoms with van der Waals surface area (Å²) in [5, 5.41) is 16.5. The minimum absolute atomic E-state index is 0.0848. The van der Waals surface area contributed by atoms with Gasteiger partial charge in [0.15, 0.2) is 0 Å². The standard InChI is InChI=1S/C11H9BrN2O3S/c12-8-3-1-2-7(4-8)5-9-13-14-11(17-9)18-6-10(15)16/h1-4H,5-6H2,(H,15,16). The van der Waals surface area contributed by atoms with E-state index in [0.717, 1.165) is 21.8 Å². The van der Waals surface area contributed by atoms with Crippen LogP contribution in [0.5, 0.6) is 0 Å². The van der Waals surface area contributed by atoms with E-state index in [2.05, 4.69) is 26.1 Å². The average Bonchev–Trinajstić information content (AvgIpc) is 2.74. The van der Waals surface area contributed by atoms with Gasteiger partial charge in [-0.05, 0) is 17.7 Å². The highest BCUT2D eigenvalue weighted by Gasteiger charge is 2.09. The van der Waals surface area contributed by atoms with Gasteiger partial charge in [0.2, 0.25) is 5.89 Å². The van der Waals surface area contributed by atoms with Gasteiger partial charge in [-0.3, -0.25) is 4.79 Å². The summed E-state index contributed by atoms with van der Waals surface area (Å²) in [4.78, 5) is 10.4. The van der Waals surface area contributed by atoms with Crippen LogP contribution in [-0.2, 0) is 11.2 Å². The van der Waals surface area contributed by atoms with Crippen LogP contribution in [-0.4, -0.2) is 27.0 Å². The lowest BCUT2D eigenvalue weighted by molar-refractivity contribution is -0.133. The van der Waals surface area contributed by atoms with E-state index in [9.17, 15) is 4.79 Å². The maximum atomic E-state index is 10.4. The molecule has 0 bridgehead atoms. The molecule has 0 amide bonds. The summed E-state index contributed by atoms with van der Waals surface area (Å²) >= 11 is 4.40. The fourth-order valence-corrected chi connectivity index (χ4v) is 2.26. The van der Waals surface area contributed by atoms with Gasteiger partial charge in [0.25, 0.3) is 5.22 Å². The number of rotatable bonds is 5. The Morgan fingerprint density at radius 1 is 1.44 bits per heavy atom. The van der Waals surface area contributed by atoms with Gasteiger partial charge in [-0.1, -0.05) is 39.8 Å². The normalized spacial score (nSPS) is 10.5. The van der Waals surface area contributed by atoms with E-state index in [-0.39, 0.29) is 11.0 Å². The van der Waals surface area contributed by atoms with Crippen LogP contribution in [0.1, 0.15) is 11.5 Å². The first-order valence-corrected chi connectivity index (χ1v) is 6.83. The van der Waals surface area contributed by atoms with Gasteiger partial charge in [0.05, 0.1) is 6.42 Å². The highest BCUT2D eigenvalue weighted by atomic mass is 79.9. The van der Waals surface area contributed by atoms with Crippen molar-refractivity contribution in [1.82, 2.24) is 10.2 Å². The van der Waals surface area contributed by atoms with Crippen molar-refractivity contribution >= 4 is 33.7 Å². The van der Waals surface area contributed by atoms with Crippen molar-refractivity contribution in [3.63, 3.8) is 0 Å². The van der Waals surface area contributed by atoms with Crippen molar-refractivity contribution in [3.05, 3.63) is 40.2 Å². The smallest absolute Gasteiger partial charge is 0.314 e. The Bertz CT molecular complexity index is 559. The first-order valence-electron chi connectivity index (χ1n) is 5.05. The van der Waals surface area contributed by atoms with E-state index >= 15 is 0 Å². The molecule has 0 spiro atoms. The summed E-state index contributed by atoms with van der Waals surface area (Å²) < 4.78 is 6.33. The Hall–Kier alpha value is -1.34. The number of thioether (sulfide) groups is 1. The second-order valence-electron chi connectivity index (χ2n) is 3.45. The lowest BCUT2D eigenvalue weighted by atomic mass is 10.1. The number of carboxylic acids is 1. The molecule has 94 valence electrons. The SMILES string of the molecule is O=C(O)CSc1nnc(Cc2cccc(Br)c2)o1. The quantitative estimate of drug-likeness (QED) is 0.850. The zero-order valence-electron chi connectivity index (χ0n) is 9.17. The molecule has 0 aliphatic carbocycles. The summed E-state index contributed by atoms with van der Waals surface area (Å²) in [6.45, 7) is 0. The van der Waals surface area contributed by atoms with Gasteiger partial charge in [0, 0.05) is 4.47 Å². The number of hydrogen-bond acceptors (Lipinski definition) is 5. The van der Waals surface area contributed by atoms with E-state index in [1.807, 2.05) is 24.3 Å². The summed E-state index contributed by atoms with van der Waals surface area (Å²) in [5.74, 6) is -0.522. The second kappa shape index (κ2) is 6.01. The van der Waals surface area contributed by atoms with Crippen LogP contribution >= 0.6 is 27.7 Å². The zero-order valence-corrected chi connectivity index (χ0v) is 11.6. The van der Waals surface area contributed by atoms with Crippen molar-refractivity contribution in [3.8, 4) is 0 Å². The Balaban J connectivity index is 2.00. The van der Waals surface area contributed by atoms with Crippen molar-refractivity contribution < 1.29 is 14.3 Å². The monoisotopic (exact) mass is 328 g/mol. The third-order valence-corrected chi connectivity index (χ3v) is 3.31.